The predicted octanol–water partition coefficient (Wildman–Crippen LogP) is 4.19. The van der Waals surface area contributed by atoms with E-state index in [4.69, 9.17) is 9.15 Å². The Kier molecular flexibility index (Phi) is 4.82. The van der Waals surface area contributed by atoms with Gasteiger partial charge < -0.3 is 14.1 Å². The quantitative estimate of drug-likeness (QED) is 0.703. The summed E-state index contributed by atoms with van der Waals surface area (Å²) in [6.45, 7) is 2.03. The molecule has 1 aromatic carbocycles. The lowest BCUT2D eigenvalue weighted by molar-refractivity contribution is 0.415. The zero-order chi connectivity index (χ0) is 17.8. The number of hydrogen-bond acceptors (Lipinski definition) is 6. The summed E-state index contributed by atoms with van der Waals surface area (Å²) >= 11 is 0. The minimum atomic E-state index is 0.494. The maximum Gasteiger partial charge on any atom is 0.251 e. The molecule has 1 saturated heterocycles. The van der Waals surface area contributed by atoms with Crippen molar-refractivity contribution in [2.45, 2.75) is 25.7 Å². The van der Waals surface area contributed by atoms with Crippen molar-refractivity contribution in [1.82, 2.24) is 15.2 Å². The molecular weight excluding hydrogens is 328 g/mol. The molecule has 134 valence electrons. The van der Waals surface area contributed by atoms with E-state index in [1.54, 1.807) is 7.11 Å². The van der Waals surface area contributed by atoms with Crippen LogP contribution in [0.3, 0.4) is 0 Å². The van der Waals surface area contributed by atoms with E-state index in [1.807, 2.05) is 42.6 Å². The van der Waals surface area contributed by atoms with E-state index in [0.29, 0.717) is 11.8 Å². The molecule has 0 aliphatic carbocycles. The third kappa shape index (κ3) is 3.40. The van der Waals surface area contributed by atoms with E-state index in [-0.39, 0.29) is 0 Å². The van der Waals surface area contributed by atoms with Crippen molar-refractivity contribution in [1.29, 1.82) is 0 Å². The van der Waals surface area contributed by atoms with Crippen LogP contribution in [0.5, 0.6) is 5.75 Å². The van der Waals surface area contributed by atoms with Gasteiger partial charge in [-0.25, -0.2) is 4.98 Å². The Morgan fingerprint density at radius 1 is 0.923 bits per heavy atom. The highest BCUT2D eigenvalue weighted by Crippen LogP contribution is 2.31. The number of pyridine rings is 1. The van der Waals surface area contributed by atoms with Crippen LogP contribution in [-0.2, 0) is 0 Å². The van der Waals surface area contributed by atoms with E-state index in [0.717, 1.165) is 35.8 Å². The minimum absolute atomic E-state index is 0.494. The second-order valence-corrected chi connectivity index (χ2v) is 6.42. The summed E-state index contributed by atoms with van der Waals surface area (Å²) in [7, 11) is 1.65. The van der Waals surface area contributed by atoms with Gasteiger partial charge in [-0.1, -0.05) is 12.8 Å². The maximum absolute atomic E-state index is 5.96. The first-order chi connectivity index (χ1) is 12.8. The molecule has 0 radical (unpaired) electrons. The van der Waals surface area contributed by atoms with Crippen molar-refractivity contribution in [2.75, 3.05) is 25.1 Å². The molecule has 0 N–H and O–H groups in total. The summed E-state index contributed by atoms with van der Waals surface area (Å²) < 4.78 is 11.2. The van der Waals surface area contributed by atoms with Gasteiger partial charge in [-0.15, -0.1) is 10.2 Å². The number of aromatic nitrogens is 3. The van der Waals surface area contributed by atoms with Crippen LogP contribution in [0.15, 0.2) is 47.0 Å². The molecule has 0 atom stereocenters. The highest BCUT2D eigenvalue weighted by molar-refractivity contribution is 5.70. The molecule has 1 aliphatic rings. The molecule has 1 aliphatic heterocycles. The summed E-state index contributed by atoms with van der Waals surface area (Å²) in [5.74, 6) is 2.72. The van der Waals surface area contributed by atoms with Crippen LogP contribution in [0, 0.1) is 0 Å². The van der Waals surface area contributed by atoms with Crippen molar-refractivity contribution in [3.05, 3.63) is 42.6 Å². The third-order valence-corrected chi connectivity index (χ3v) is 4.68. The number of benzene rings is 1. The summed E-state index contributed by atoms with van der Waals surface area (Å²) in [5.41, 5.74) is 1.76. The smallest absolute Gasteiger partial charge is 0.251 e. The lowest BCUT2D eigenvalue weighted by Gasteiger charge is -2.22. The fourth-order valence-corrected chi connectivity index (χ4v) is 3.28. The highest BCUT2D eigenvalue weighted by Gasteiger charge is 2.19. The molecule has 4 rings (SSSR count). The van der Waals surface area contributed by atoms with Gasteiger partial charge in [0.2, 0.25) is 5.89 Å². The molecule has 2 aromatic heterocycles. The maximum atomic E-state index is 5.96. The molecule has 26 heavy (non-hydrogen) atoms. The van der Waals surface area contributed by atoms with Gasteiger partial charge in [0.15, 0.2) is 0 Å². The van der Waals surface area contributed by atoms with Crippen LogP contribution < -0.4 is 9.64 Å². The van der Waals surface area contributed by atoms with Gasteiger partial charge in [0.05, 0.1) is 12.7 Å². The molecular formula is C20H22N4O2. The van der Waals surface area contributed by atoms with Crippen LogP contribution in [0.1, 0.15) is 25.7 Å². The van der Waals surface area contributed by atoms with Crippen LogP contribution in [0.2, 0.25) is 0 Å². The van der Waals surface area contributed by atoms with E-state index < -0.39 is 0 Å². The van der Waals surface area contributed by atoms with E-state index in [1.165, 1.54) is 25.7 Å². The lowest BCUT2D eigenvalue weighted by Crippen LogP contribution is -2.25. The zero-order valence-corrected chi connectivity index (χ0v) is 14.9. The largest absolute Gasteiger partial charge is 0.497 e. The predicted molar refractivity (Wildman–Crippen MR) is 100 cm³/mol. The zero-order valence-electron chi connectivity index (χ0n) is 14.9. The van der Waals surface area contributed by atoms with Crippen LogP contribution >= 0.6 is 0 Å². The number of ether oxygens (including phenoxy) is 1. The topological polar surface area (TPSA) is 64.3 Å². The Balaban J connectivity index is 1.65. The first kappa shape index (κ1) is 16.6. The molecule has 6 heteroatoms. The van der Waals surface area contributed by atoms with Crippen LogP contribution in [0.4, 0.5) is 5.82 Å². The van der Waals surface area contributed by atoms with Crippen molar-refractivity contribution in [3.63, 3.8) is 0 Å². The fraction of sp³-hybridized carbons (Fsp3) is 0.350. The number of rotatable bonds is 4. The standard InChI is InChI=1S/C20H22N4O2/c1-25-16-10-8-15(9-11-16)19-22-23-20(26-19)17-7-6-12-21-18(17)24-13-4-2-3-5-14-24/h6-12H,2-5,13-14H2,1H3. The second kappa shape index (κ2) is 7.56. The molecule has 0 bridgehead atoms. The Labute approximate surface area is 152 Å². The van der Waals surface area contributed by atoms with Gasteiger partial charge in [-0.2, -0.15) is 0 Å². The summed E-state index contributed by atoms with van der Waals surface area (Å²) in [6, 6.07) is 11.5. The third-order valence-electron chi connectivity index (χ3n) is 4.68. The molecule has 0 saturated carbocycles. The SMILES string of the molecule is COc1ccc(-c2nnc(-c3cccnc3N3CCCCCC3)o2)cc1. The van der Waals surface area contributed by atoms with Gasteiger partial charge in [0.25, 0.3) is 5.89 Å². The molecule has 6 nitrogen and oxygen atoms in total. The average molecular weight is 350 g/mol. The van der Waals surface area contributed by atoms with Gasteiger partial charge >= 0.3 is 0 Å². The van der Waals surface area contributed by atoms with Crippen molar-refractivity contribution in [2.24, 2.45) is 0 Å². The first-order valence-electron chi connectivity index (χ1n) is 9.03. The fourth-order valence-electron chi connectivity index (χ4n) is 3.28. The van der Waals surface area contributed by atoms with E-state index >= 15 is 0 Å². The highest BCUT2D eigenvalue weighted by atomic mass is 16.5. The summed E-state index contributed by atoms with van der Waals surface area (Å²) in [5, 5.41) is 8.49. The molecule has 0 spiro atoms. The average Bonchev–Trinajstić information content (AvgIpc) is 3.03. The van der Waals surface area contributed by atoms with Gasteiger partial charge in [0, 0.05) is 24.8 Å². The normalized spacial score (nSPS) is 14.9. The van der Waals surface area contributed by atoms with Crippen molar-refractivity contribution >= 4 is 5.82 Å². The van der Waals surface area contributed by atoms with Crippen LogP contribution in [-0.4, -0.2) is 35.4 Å². The lowest BCUT2D eigenvalue weighted by atomic mass is 10.2. The molecule has 0 amide bonds. The molecule has 3 heterocycles. The Bertz CT molecular complexity index is 852. The molecule has 1 fully saturated rings. The second-order valence-electron chi connectivity index (χ2n) is 6.42. The Morgan fingerprint density at radius 2 is 1.65 bits per heavy atom. The monoisotopic (exact) mass is 350 g/mol. The number of nitrogens with zero attached hydrogens (tertiary/aromatic N) is 4. The number of methoxy groups -OCH3 is 1. The minimum Gasteiger partial charge on any atom is -0.497 e. The number of anilines is 1. The first-order valence-corrected chi connectivity index (χ1v) is 9.03. The molecule has 3 aromatic rings. The van der Waals surface area contributed by atoms with E-state index in [9.17, 15) is 0 Å². The van der Waals surface area contributed by atoms with Gasteiger partial charge in [0.1, 0.15) is 11.6 Å². The summed E-state index contributed by atoms with van der Waals surface area (Å²) in [6.07, 6.45) is 6.76. The van der Waals surface area contributed by atoms with Crippen molar-refractivity contribution < 1.29 is 9.15 Å². The van der Waals surface area contributed by atoms with Crippen LogP contribution in [0.25, 0.3) is 22.9 Å². The van der Waals surface area contributed by atoms with E-state index in [2.05, 4.69) is 20.1 Å². The summed E-state index contributed by atoms with van der Waals surface area (Å²) in [4.78, 5) is 6.94. The Morgan fingerprint density at radius 3 is 2.38 bits per heavy atom. The number of hydrogen-bond donors (Lipinski definition) is 0. The van der Waals surface area contributed by atoms with Gasteiger partial charge in [-0.3, -0.25) is 0 Å². The molecule has 0 unspecified atom stereocenters. The van der Waals surface area contributed by atoms with Gasteiger partial charge in [-0.05, 0) is 49.2 Å². The van der Waals surface area contributed by atoms with Crippen molar-refractivity contribution in [3.8, 4) is 28.7 Å². The Hall–Kier alpha value is -2.89.